The highest BCUT2D eigenvalue weighted by atomic mass is 79.9. The average molecular weight is 1620 g/mol. The first-order valence-corrected chi connectivity index (χ1v) is 35.8. The van der Waals surface area contributed by atoms with Crippen LogP contribution < -0.4 is 103 Å². The van der Waals surface area contributed by atoms with E-state index in [9.17, 15) is 26.4 Å². The van der Waals surface area contributed by atoms with Crippen molar-refractivity contribution < 1.29 is 50.8 Å². The molecule has 0 aliphatic heterocycles. The zero-order valence-corrected chi connectivity index (χ0v) is 64.5. The molecule has 34 heteroatoms. The van der Waals surface area contributed by atoms with Crippen LogP contribution >= 0.6 is 41.2 Å². The van der Waals surface area contributed by atoms with Crippen molar-refractivity contribution in [3.8, 4) is 28.0 Å². The summed E-state index contributed by atoms with van der Waals surface area (Å²) in [6.45, 7) is 10.7. The van der Waals surface area contributed by atoms with Crippen LogP contribution in [-0.4, -0.2) is 53.2 Å². The Morgan fingerprint density at radius 2 is 0.713 bits per heavy atom. The maximum absolute atomic E-state index is 11.1. The van der Waals surface area contributed by atoms with E-state index >= 15 is 0 Å². The maximum Gasteiger partial charge on any atom is 0.337 e. The minimum Gasteiger partial charge on any atom is -0.506 e. The number of hydrogen-bond donors (Lipinski definition) is 25. The third-order valence-corrected chi connectivity index (χ3v) is 18.6. The fourth-order valence-electron chi connectivity index (χ4n) is 9.25. The third kappa shape index (κ3) is 27.9. The van der Waals surface area contributed by atoms with Gasteiger partial charge in [-0.2, -0.15) is 16.8 Å². The fraction of sp³-hybridized carbons (Fsp3) is 0.0811. The molecular formula is C74H91BrN18O11S4. The molecule has 29 nitrogen and oxygen atoms in total. The molecule has 0 aliphatic carbocycles. The molecule has 0 heterocycles. The summed E-state index contributed by atoms with van der Waals surface area (Å²) in [6, 6.07) is 51.9. The van der Waals surface area contributed by atoms with E-state index in [1.165, 1.54) is 74.5 Å². The second-order valence-corrected chi connectivity index (χ2v) is 28.1. The highest BCUT2D eigenvalue weighted by Crippen LogP contribution is 2.35. The van der Waals surface area contributed by atoms with Gasteiger partial charge in [-0.25, -0.2) is 9.59 Å². The molecule has 11 aromatic carbocycles. The minimum atomic E-state index is -4.29. The van der Waals surface area contributed by atoms with Crippen LogP contribution in [0.2, 0.25) is 0 Å². The lowest BCUT2D eigenvalue weighted by Crippen LogP contribution is -2.10. The van der Waals surface area contributed by atoms with Crippen molar-refractivity contribution in [2.24, 2.45) is 0 Å². The molecule has 0 saturated heterocycles. The lowest BCUT2D eigenvalue weighted by Gasteiger charge is -2.15. The normalized spacial score (nSPS) is 10.2. The summed E-state index contributed by atoms with van der Waals surface area (Å²) < 4.78 is 62.1. The van der Waals surface area contributed by atoms with Gasteiger partial charge in [0.2, 0.25) is 0 Å². The second-order valence-electron chi connectivity index (χ2n) is 23.5. The van der Waals surface area contributed by atoms with Gasteiger partial charge in [-0.1, -0.05) is 48.5 Å². The number of carbonyl (C=O) groups is 2. The molecule has 0 radical (unpaired) electrons. The Hall–Kier alpha value is -12.4. The number of rotatable bonds is 6. The number of carboxylic acids is 2. The lowest BCUT2D eigenvalue weighted by atomic mass is 9.98. The molecule has 0 saturated carbocycles. The Morgan fingerprint density at radius 3 is 1.07 bits per heavy atom. The smallest absolute Gasteiger partial charge is 0.337 e. The summed E-state index contributed by atoms with van der Waals surface area (Å²) in [5, 5.41) is 25.9. The van der Waals surface area contributed by atoms with Crippen molar-refractivity contribution in [2.45, 2.75) is 61.1 Å². The number of aromatic carboxylic acids is 2. The van der Waals surface area contributed by atoms with Crippen LogP contribution in [0.1, 0.15) is 54.1 Å². The molecule has 108 heavy (non-hydrogen) atoms. The van der Waals surface area contributed by atoms with E-state index in [-0.39, 0.29) is 43.7 Å². The average Bonchev–Trinajstić information content (AvgIpc) is 0.775. The zero-order valence-electron chi connectivity index (χ0n) is 59.5. The maximum atomic E-state index is 11.1. The number of anilines is 18. The van der Waals surface area contributed by atoms with E-state index < -0.39 is 32.2 Å². The van der Waals surface area contributed by atoms with Crippen molar-refractivity contribution >= 4 is 176 Å². The number of carboxylic acid groups (broad SMARTS) is 2. The van der Waals surface area contributed by atoms with Gasteiger partial charge < -0.3 is 119 Å². The van der Waals surface area contributed by atoms with Gasteiger partial charge >= 0.3 is 11.9 Å². The highest BCUT2D eigenvalue weighted by Gasteiger charge is 2.22. The lowest BCUT2D eigenvalue weighted by molar-refractivity contribution is 0.0686. The standard InChI is InChI=1S/C18H16N2.C9H14N2O3S.C9H14N2.2C7H8N2O2.C6H7BrN2.C6H8N2O3S.C6H8N2O.C6H8N2S2/c19-17-8-2-6-15(11-17)13-4-1-5-14(10-13)16-7-3-9-18(20)12-16;1-4-7(10)5(2)9(15(12,13)14)6(3)8(4)11;1-5-4-6(2)9(11)7(3)8(5)10;8-5-1-4(7(10)11)2-6(9)3-5;8-4-1-2-5(7(10)11)6(9)3-4;7-5-2-1-4(8)3-6(5)9;7-4-1-2-5(8)6(3-4)12(9,10)11;7-4-1-2-6(9)5(8)3-4;7-3-1-5(9)4(8)2-6(3)10/h1-12H,19-20H2;10-11H2,1-3H3,(H,12,13,14);4H,10-11H2,1-3H3;2*1-3H,8-9H2,(H,10,11);1-3H,8-9H2;1-3H,7-8H2,(H,9,10,11);1-3,9H,7-8H2;1-2,9-10H,7-8H2. The topological polar surface area (TPSA) is 672 Å². The Morgan fingerprint density at radius 1 is 0.343 bits per heavy atom. The molecule has 0 fully saturated rings. The number of halogens is 1. The quantitative estimate of drug-likeness (QED) is 0.0242. The molecule has 11 rings (SSSR count). The predicted octanol–water partition coefficient (Wildman–Crippen LogP) is 11.8. The number of aryl methyl sites for hydroxylation is 2. The van der Waals surface area contributed by atoms with Gasteiger partial charge in [0.25, 0.3) is 20.2 Å². The summed E-state index contributed by atoms with van der Waals surface area (Å²) in [5.41, 5.74) is 117. The van der Waals surface area contributed by atoms with Crippen molar-refractivity contribution in [2.75, 3.05) is 103 Å². The molecule has 41 N–H and O–H groups in total. The molecule has 0 spiro atoms. The number of phenolic OH excluding ortho intramolecular Hbond substituents is 1. The monoisotopic (exact) mass is 1610 g/mol. The molecule has 11 aromatic rings. The summed E-state index contributed by atoms with van der Waals surface area (Å²) in [6.07, 6.45) is 0. The van der Waals surface area contributed by atoms with Gasteiger partial charge in [0.15, 0.2) is 0 Å². The van der Waals surface area contributed by atoms with Gasteiger partial charge in [-0.3, -0.25) is 9.11 Å². The summed E-state index contributed by atoms with van der Waals surface area (Å²) in [5.74, 6) is -1.99. The highest BCUT2D eigenvalue weighted by molar-refractivity contribution is 9.10. The van der Waals surface area contributed by atoms with Crippen LogP contribution in [0.3, 0.4) is 0 Å². The molecule has 0 unspecified atom stereocenters. The first-order chi connectivity index (χ1) is 50.0. The SMILES string of the molecule is Cc1c(N)c(C)c(S(=O)(=O)O)c(C)c1N.Cc1cc(C)c(N)c(C)c1N.Nc1cc(N)cc(C(=O)O)c1.Nc1cc(S)c(N)cc1S.Nc1ccc(Br)c(N)c1.Nc1ccc(C(=O)O)c(N)c1.Nc1ccc(N)c(S(=O)(=O)O)c1.Nc1ccc(O)c(N)c1.Nc1cccc(-c2cccc(-c3cccc(N)c3)c2)c1. The van der Waals surface area contributed by atoms with Gasteiger partial charge in [-0.15, -0.1) is 25.3 Å². The van der Waals surface area contributed by atoms with Crippen LogP contribution in [0.25, 0.3) is 22.3 Å². The van der Waals surface area contributed by atoms with E-state index in [0.29, 0.717) is 89.0 Å². The molecule has 574 valence electrons. The Kier molecular flexibility index (Phi) is 33.4. The van der Waals surface area contributed by atoms with Gasteiger partial charge in [0.1, 0.15) is 15.5 Å². The Labute approximate surface area is 645 Å². The van der Waals surface area contributed by atoms with Crippen molar-refractivity contribution in [1.82, 2.24) is 0 Å². The number of aromatic hydroxyl groups is 1. The first kappa shape index (κ1) is 89.8. The molecule has 0 atom stereocenters. The first-order valence-electron chi connectivity index (χ1n) is 31.2. The van der Waals surface area contributed by atoms with Crippen LogP contribution in [0.15, 0.2) is 206 Å². The van der Waals surface area contributed by atoms with E-state index in [2.05, 4.69) is 77.6 Å². The largest absolute Gasteiger partial charge is 0.506 e. The minimum absolute atomic E-state index is 0.0216. The van der Waals surface area contributed by atoms with E-state index in [1.54, 1.807) is 37.3 Å². The second kappa shape index (κ2) is 40.2. The van der Waals surface area contributed by atoms with Crippen molar-refractivity contribution in [3.05, 3.63) is 231 Å². The van der Waals surface area contributed by atoms with E-state index in [1.807, 2.05) is 69.3 Å². The molecule has 0 aromatic heterocycles. The number of benzene rings is 11. The number of phenols is 1. The summed E-state index contributed by atoms with van der Waals surface area (Å²) in [7, 11) is -8.55. The van der Waals surface area contributed by atoms with Gasteiger partial charge in [0, 0.05) is 105 Å². The van der Waals surface area contributed by atoms with Crippen LogP contribution in [0.4, 0.5) is 102 Å². The van der Waals surface area contributed by atoms with E-state index in [0.717, 1.165) is 72.2 Å². The van der Waals surface area contributed by atoms with Crippen molar-refractivity contribution in [1.29, 1.82) is 0 Å². The summed E-state index contributed by atoms with van der Waals surface area (Å²) >= 11 is 11.4. The molecule has 0 bridgehead atoms. The van der Waals surface area contributed by atoms with Crippen LogP contribution in [0.5, 0.6) is 5.75 Å². The number of nitrogen functional groups attached to an aromatic ring is 18. The zero-order chi connectivity index (χ0) is 82.2. The van der Waals surface area contributed by atoms with Gasteiger partial charge in [-0.05, 0) is 247 Å². The number of hydrogen-bond acceptors (Lipinski definition) is 27. The number of nitrogens with two attached hydrogens (primary N) is 18. The molecule has 0 amide bonds. The Bertz CT molecular complexity index is 5040. The van der Waals surface area contributed by atoms with Crippen molar-refractivity contribution in [3.63, 3.8) is 0 Å². The molecule has 0 aliphatic rings. The number of thiol groups is 2. The van der Waals surface area contributed by atoms with E-state index in [4.69, 9.17) is 128 Å². The van der Waals surface area contributed by atoms with Crippen LogP contribution in [-0.2, 0) is 20.2 Å². The summed E-state index contributed by atoms with van der Waals surface area (Å²) in [4.78, 5) is 21.6. The van der Waals surface area contributed by atoms with Crippen LogP contribution in [0, 0.1) is 41.5 Å². The third-order valence-electron chi connectivity index (χ3n) is 15.0. The fourth-order valence-corrected chi connectivity index (χ4v) is 11.5. The van der Waals surface area contributed by atoms with Gasteiger partial charge in [0.05, 0.1) is 22.5 Å². The molecular weight excluding hydrogens is 1530 g/mol. The Balaban J connectivity index is 0.000000319. The predicted molar refractivity (Wildman–Crippen MR) is 454 cm³/mol.